The minimum atomic E-state index is 0.580. The van der Waals surface area contributed by atoms with Crippen molar-refractivity contribution in [3.63, 3.8) is 0 Å². The normalized spacial score (nSPS) is 19.7. The SMILES string of the molecule is CCC1CCCN1c1nc(NC)nc2nc[nH]c12. The Kier molecular flexibility index (Phi) is 2.77. The molecule has 1 aliphatic heterocycles. The molecule has 3 heterocycles. The maximum Gasteiger partial charge on any atom is 0.226 e. The number of anilines is 2. The Morgan fingerprint density at radius 1 is 1.50 bits per heavy atom. The number of aromatic nitrogens is 4. The predicted octanol–water partition coefficient (Wildman–Crippen LogP) is 1.77. The van der Waals surface area contributed by atoms with Crippen LogP contribution in [0.3, 0.4) is 0 Å². The number of hydrogen-bond acceptors (Lipinski definition) is 5. The summed E-state index contributed by atoms with van der Waals surface area (Å²) in [6.07, 6.45) is 5.30. The summed E-state index contributed by atoms with van der Waals surface area (Å²) in [6.45, 7) is 3.29. The van der Waals surface area contributed by atoms with E-state index < -0.39 is 0 Å². The Hall–Kier alpha value is -1.85. The molecule has 2 N–H and O–H groups in total. The highest BCUT2D eigenvalue weighted by molar-refractivity contribution is 5.84. The second-order valence-electron chi connectivity index (χ2n) is 4.62. The van der Waals surface area contributed by atoms with Crippen molar-refractivity contribution < 1.29 is 0 Å². The summed E-state index contributed by atoms with van der Waals surface area (Å²) >= 11 is 0. The summed E-state index contributed by atoms with van der Waals surface area (Å²) in [7, 11) is 1.83. The number of hydrogen-bond donors (Lipinski definition) is 2. The molecule has 6 heteroatoms. The fourth-order valence-electron chi connectivity index (χ4n) is 2.68. The molecule has 0 spiro atoms. The quantitative estimate of drug-likeness (QED) is 0.863. The van der Waals surface area contributed by atoms with Gasteiger partial charge in [-0.25, -0.2) is 4.98 Å². The molecule has 1 atom stereocenters. The van der Waals surface area contributed by atoms with Gasteiger partial charge < -0.3 is 15.2 Å². The molecule has 1 unspecified atom stereocenters. The van der Waals surface area contributed by atoms with Crippen LogP contribution in [0.5, 0.6) is 0 Å². The van der Waals surface area contributed by atoms with Gasteiger partial charge in [0, 0.05) is 19.6 Å². The number of H-pyrrole nitrogens is 1. The second-order valence-corrected chi connectivity index (χ2v) is 4.62. The zero-order valence-electron chi connectivity index (χ0n) is 10.8. The molecule has 0 aliphatic carbocycles. The number of imidazole rings is 1. The number of nitrogens with one attached hydrogen (secondary N) is 2. The molecule has 2 aromatic rings. The van der Waals surface area contributed by atoms with Crippen LogP contribution in [0.1, 0.15) is 26.2 Å². The van der Waals surface area contributed by atoms with Gasteiger partial charge in [0.25, 0.3) is 0 Å². The van der Waals surface area contributed by atoms with Crippen LogP contribution in [0, 0.1) is 0 Å². The summed E-state index contributed by atoms with van der Waals surface area (Å²) in [5, 5.41) is 3.00. The molecule has 0 bridgehead atoms. The highest BCUT2D eigenvalue weighted by Gasteiger charge is 2.26. The molecule has 0 saturated carbocycles. The molecule has 18 heavy (non-hydrogen) atoms. The molecule has 1 aliphatic rings. The maximum absolute atomic E-state index is 4.60. The van der Waals surface area contributed by atoms with E-state index in [1.807, 2.05) is 7.05 Å². The summed E-state index contributed by atoms with van der Waals surface area (Å²) in [4.78, 5) is 18.7. The van der Waals surface area contributed by atoms with Crippen molar-refractivity contribution >= 4 is 22.9 Å². The van der Waals surface area contributed by atoms with Crippen LogP contribution in [-0.4, -0.2) is 39.6 Å². The van der Waals surface area contributed by atoms with Gasteiger partial charge in [-0.3, -0.25) is 0 Å². The summed E-state index contributed by atoms with van der Waals surface area (Å²) in [5.41, 5.74) is 1.67. The standard InChI is InChI=1S/C12H18N6/c1-3-8-5-4-6-18(8)11-9-10(15-7-14-9)16-12(13-2)17-11/h7-8H,3-6H2,1-2H3,(H2,13,14,15,16,17). The van der Waals surface area contributed by atoms with E-state index >= 15 is 0 Å². The summed E-state index contributed by atoms with van der Waals surface area (Å²) in [6, 6.07) is 0.580. The summed E-state index contributed by atoms with van der Waals surface area (Å²) in [5.74, 6) is 1.61. The average molecular weight is 246 g/mol. The lowest BCUT2D eigenvalue weighted by Gasteiger charge is -2.25. The second kappa shape index (κ2) is 4.44. The van der Waals surface area contributed by atoms with Crippen LogP contribution in [0.4, 0.5) is 11.8 Å². The Morgan fingerprint density at radius 2 is 2.39 bits per heavy atom. The lowest BCUT2D eigenvalue weighted by molar-refractivity contribution is 0.641. The lowest BCUT2D eigenvalue weighted by atomic mass is 10.2. The van der Waals surface area contributed by atoms with E-state index in [1.54, 1.807) is 6.33 Å². The minimum absolute atomic E-state index is 0.580. The number of fused-ring (bicyclic) bond motifs is 1. The van der Waals surface area contributed by atoms with E-state index in [9.17, 15) is 0 Å². The third kappa shape index (κ3) is 1.68. The van der Waals surface area contributed by atoms with Crippen molar-refractivity contribution in [3.05, 3.63) is 6.33 Å². The Balaban J connectivity index is 2.11. The number of nitrogens with zero attached hydrogens (tertiary/aromatic N) is 4. The molecular weight excluding hydrogens is 228 g/mol. The third-order valence-electron chi connectivity index (χ3n) is 3.61. The van der Waals surface area contributed by atoms with Gasteiger partial charge in [-0.2, -0.15) is 9.97 Å². The third-order valence-corrected chi connectivity index (χ3v) is 3.61. The fourth-order valence-corrected chi connectivity index (χ4v) is 2.68. The molecule has 0 amide bonds. The molecular formula is C12H18N6. The topological polar surface area (TPSA) is 69.7 Å². The molecule has 1 fully saturated rings. The molecule has 3 rings (SSSR count). The lowest BCUT2D eigenvalue weighted by Crippen LogP contribution is -2.29. The number of aromatic amines is 1. The van der Waals surface area contributed by atoms with Crippen LogP contribution >= 0.6 is 0 Å². The minimum Gasteiger partial charge on any atom is -0.357 e. The zero-order valence-corrected chi connectivity index (χ0v) is 10.8. The molecule has 0 aromatic carbocycles. The van der Waals surface area contributed by atoms with Crippen LogP contribution in [0.2, 0.25) is 0 Å². The van der Waals surface area contributed by atoms with Crippen LogP contribution in [0.25, 0.3) is 11.2 Å². The van der Waals surface area contributed by atoms with Gasteiger partial charge in [0.15, 0.2) is 11.5 Å². The smallest absolute Gasteiger partial charge is 0.226 e. The van der Waals surface area contributed by atoms with E-state index in [0.29, 0.717) is 12.0 Å². The van der Waals surface area contributed by atoms with Crippen LogP contribution < -0.4 is 10.2 Å². The van der Waals surface area contributed by atoms with Gasteiger partial charge in [0.1, 0.15) is 5.52 Å². The van der Waals surface area contributed by atoms with Gasteiger partial charge >= 0.3 is 0 Å². The van der Waals surface area contributed by atoms with E-state index in [-0.39, 0.29) is 0 Å². The first-order valence-corrected chi connectivity index (χ1v) is 6.49. The maximum atomic E-state index is 4.60. The van der Waals surface area contributed by atoms with Crippen molar-refractivity contribution in [2.75, 3.05) is 23.8 Å². The Morgan fingerprint density at radius 3 is 3.17 bits per heavy atom. The van der Waals surface area contributed by atoms with Crippen molar-refractivity contribution in [2.24, 2.45) is 0 Å². The highest BCUT2D eigenvalue weighted by atomic mass is 15.3. The molecule has 96 valence electrons. The molecule has 0 radical (unpaired) electrons. The van der Waals surface area contributed by atoms with Crippen molar-refractivity contribution in [3.8, 4) is 0 Å². The molecule has 6 nitrogen and oxygen atoms in total. The zero-order chi connectivity index (χ0) is 12.5. The van der Waals surface area contributed by atoms with E-state index in [2.05, 4.69) is 37.1 Å². The Bertz CT molecular complexity index is 548. The van der Waals surface area contributed by atoms with Gasteiger partial charge in [0.2, 0.25) is 5.95 Å². The van der Waals surface area contributed by atoms with E-state index in [1.165, 1.54) is 12.8 Å². The largest absolute Gasteiger partial charge is 0.357 e. The van der Waals surface area contributed by atoms with Crippen LogP contribution in [0.15, 0.2) is 6.33 Å². The van der Waals surface area contributed by atoms with Crippen LogP contribution in [-0.2, 0) is 0 Å². The van der Waals surface area contributed by atoms with Gasteiger partial charge in [-0.15, -0.1) is 0 Å². The first kappa shape index (κ1) is 11.3. The van der Waals surface area contributed by atoms with Crippen molar-refractivity contribution in [1.29, 1.82) is 0 Å². The predicted molar refractivity (Wildman–Crippen MR) is 71.9 cm³/mol. The highest BCUT2D eigenvalue weighted by Crippen LogP contribution is 2.30. The Labute approximate surface area is 106 Å². The molecule has 1 saturated heterocycles. The van der Waals surface area contributed by atoms with Gasteiger partial charge in [-0.1, -0.05) is 6.92 Å². The average Bonchev–Trinajstić information content (AvgIpc) is 3.05. The van der Waals surface area contributed by atoms with Crippen molar-refractivity contribution in [1.82, 2.24) is 19.9 Å². The number of rotatable bonds is 3. The summed E-state index contributed by atoms with van der Waals surface area (Å²) < 4.78 is 0. The van der Waals surface area contributed by atoms with E-state index in [4.69, 9.17) is 0 Å². The fraction of sp³-hybridized carbons (Fsp3) is 0.583. The first-order valence-electron chi connectivity index (χ1n) is 6.49. The first-order chi connectivity index (χ1) is 8.83. The van der Waals surface area contributed by atoms with Gasteiger partial charge in [-0.05, 0) is 19.3 Å². The van der Waals surface area contributed by atoms with Crippen molar-refractivity contribution in [2.45, 2.75) is 32.2 Å². The molecule has 2 aromatic heterocycles. The van der Waals surface area contributed by atoms with Gasteiger partial charge in [0.05, 0.1) is 6.33 Å². The monoisotopic (exact) mass is 246 g/mol. The van der Waals surface area contributed by atoms with E-state index in [0.717, 1.165) is 29.9 Å².